The van der Waals surface area contributed by atoms with Crippen LogP contribution in [0.25, 0.3) is 0 Å². The summed E-state index contributed by atoms with van der Waals surface area (Å²) in [6, 6.07) is 12.3. The van der Waals surface area contributed by atoms with Crippen LogP contribution in [0.1, 0.15) is 30.0 Å². The second kappa shape index (κ2) is 6.52. The van der Waals surface area contributed by atoms with Crippen LogP contribution in [-0.4, -0.2) is 17.1 Å². The van der Waals surface area contributed by atoms with Crippen LogP contribution < -0.4 is 10.6 Å². The van der Waals surface area contributed by atoms with Crippen molar-refractivity contribution in [1.82, 2.24) is 5.32 Å². The molecule has 0 fully saturated rings. The summed E-state index contributed by atoms with van der Waals surface area (Å²) in [6.45, 7) is 0. The van der Waals surface area contributed by atoms with Crippen molar-refractivity contribution in [2.75, 3.05) is 5.32 Å². The van der Waals surface area contributed by atoms with E-state index in [1.807, 2.05) is 30.3 Å². The molecule has 4 rings (SSSR count). The Morgan fingerprint density at radius 3 is 2.96 bits per heavy atom. The molecular weight excluding hydrogens is 339 g/mol. The average molecular weight is 356 g/mol. The highest BCUT2D eigenvalue weighted by atomic mass is 32.2. The molecule has 0 radical (unpaired) electrons. The number of rotatable bonds is 3. The van der Waals surface area contributed by atoms with Gasteiger partial charge >= 0.3 is 0 Å². The Labute approximate surface area is 149 Å². The van der Waals surface area contributed by atoms with Crippen LogP contribution >= 0.6 is 11.8 Å². The van der Waals surface area contributed by atoms with Gasteiger partial charge in [-0.1, -0.05) is 24.3 Å². The summed E-state index contributed by atoms with van der Waals surface area (Å²) in [4.78, 5) is 25.6. The molecule has 6 heteroatoms. The number of para-hydroxylation sites is 1. The number of anilines is 1. The third-order valence-electron chi connectivity index (χ3n) is 4.63. The second-order valence-corrected chi connectivity index (χ2v) is 7.51. The van der Waals surface area contributed by atoms with Gasteiger partial charge in [-0.05, 0) is 42.2 Å². The minimum Gasteiger partial charge on any atom is -0.349 e. The summed E-state index contributed by atoms with van der Waals surface area (Å²) in [5.41, 5.74) is 2.32. The number of hydrogen-bond acceptors (Lipinski definition) is 3. The summed E-state index contributed by atoms with van der Waals surface area (Å²) in [5, 5.41) is 5.34. The van der Waals surface area contributed by atoms with Gasteiger partial charge in [0.1, 0.15) is 5.82 Å². The number of carbonyl (C=O) groups excluding carboxylic acids is 2. The van der Waals surface area contributed by atoms with E-state index in [1.165, 1.54) is 17.8 Å². The van der Waals surface area contributed by atoms with Gasteiger partial charge in [0.05, 0.1) is 17.0 Å². The van der Waals surface area contributed by atoms with Crippen LogP contribution in [0, 0.1) is 5.82 Å². The first-order valence-corrected chi connectivity index (χ1v) is 9.13. The summed E-state index contributed by atoms with van der Waals surface area (Å²) >= 11 is 1.41. The normalized spacial score (nSPS) is 21.2. The number of fused-ring (bicyclic) bond motifs is 2. The molecule has 0 saturated heterocycles. The topological polar surface area (TPSA) is 58.2 Å². The maximum absolute atomic E-state index is 13.8. The third-order valence-corrected chi connectivity index (χ3v) is 5.90. The predicted octanol–water partition coefficient (Wildman–Crippen LogP) is 3.43. The van der Waals surface area contributed by atoms with Gasteiger partial charge in [0.2, 0.25) is 11.8 Å². The smallest absolute Gasteiger partial charge is 0.238 e. The second-order valence-electron chi connectivity index (χ2n) is 6.26. The molecule has 1 aliphatic carbocycles. The standard InChI is InChI=1S/C19H17FN2O2S/c20-13-5-3-4-12-11(13)8-9-14(12)21-18(23)10-17-19(24)22-15-6-1-2-7-16(15)25-17/h1-7,14,17H,8-10H2,(H,21,23)(H,22,24). The van der Waals surface area contributed by atoms with E-state index >= 15 is 0 Å². The van der Waals surface area contributed by atoms with E-state index in [0.29, 0.717) is 18.4 Å². The van der Waals surface area contributed by atoms with Crippen molar-refractivity contribution in [1.29, 1.82) is 0 Å². The first-order chi connectivity index (χ1) is 12.1. The van der Waals surface area contributed by atoms with E-state index in [2.05, 4.69) is 10.6 Å². The quantitative estimate of drug-likeness (QED) is 0.886. The van der Waals surface area contributed by atoms with Gasteiger partial charge in [-0.2, -0.15) is 0 Å². The average Bonchev–Trinajstić information content (AvgIpc) is 3.00. The molecule has 1 heterocycles. The van der Waals surface area contributed by atoms with Crippen LogP contribution in [0.15, 0.2) is 47.4 Å². The number of carbonyl (C=O) groups is 2. The number of hydrogen-bond donors (Lipinski definition) is 2. The summed E-state index contributed by atoms with van der Waals surface area (Å²) < 4.78 is 13.8. The van der Waals surface area contributed by atoms with Crippen molar-refractivity contribution in [2.45, 2.75) is 35.4 Å². The molecule has 4 nitrogen and oxygen atoms in total. The van der Waals surface area contributed by atoms with Gasteiger partial charge in [-0.15, -0.1) is 11.8 Å². The number of thioether (sulfide) groups is 1. The number of nitrogens with one attached hydrogen (secondary N) is 2. The monoisotopic (exact) mass is 356 g/mol. The fourth-order valence-electron chi connectivity index (χ4n) is 3.41. The van der Waals surface area contributed by atoms with E-state index in [1.54, 1.807) is 6.07 Å². The van der Waals surface area contributed by atoms with E-state index < -0.39 is 5.25 Å². The minimum absolute atomic E-state index is 0.103. The van der Waals surface area contributed by atoms with Gasteiger partial charge in [0.25, 0.3) is 0 Å². The maximum Gasteiger partial charge on any atom is 0.238 e. The van der Waals surface area contributed by atoms with E-state index in [0.717, 1.165) is 16.1 Å². The van der Waals surface area contributed by atoms with Crippen molar-refractivity contribution in [3.05, 3.63) is 59.4 Å². The number of halogens is 1. The molecular formula is C19H17FN2O2S. The highest BCUT2D eigenvalue weighted by Gasteiger charge is 2.31. The maximum atomic E-state index is 13.8. The molecule has 0 saturated carbocycles. The molecule has 2 unspecified atom stereocenters. The van der Waals surface area contributed by atoms with E-state index in [-0.39, 0.29) is 30.1 Å². The molecule has 2 atom stereocenters. The Kier molecular flexibility index (Phi) is 4.21. The molecule has 2 aromatic rings. The van der Waals surface area contributed by atoms with Gasteiger partial charge in [0, 0.05) is 11.3 Å². The SMILES string of the molecule is O=C(CC1Sc2ccccc2NC1=O)NC1CCc2c(F)cccc21. The van der Waals surface area contributed by atoms with Crippen molar-refractivity contribution >= 4 is 29.3 Å². The summed E-state index contributed by atoms with van der Waals surface area (Å²) in [6.07, 6.45) is 1.42. The molecule has 0 bridgehead atoms. The fraction of sp³-hybridized carbons (Fsp3) is 0.263. The predicted molar refractivity (Wildman–Crippen MR) is 94.9 cm³/mol. The lowest BCUT2D eigenvalue weighted by Gasteiger charge is -2.24. The molecule has 2 aliphatic rings. The minimum atomic E-state index is -0.455. The lowest BCUT2D eigenvalue weighted by atomic mass is 10.1. The van der Waals surface area contributed by atoms with Crippen molar-refractivity contribution in [3.8, 4) is 0 Å². The van der Waals surface area contributed by atoms with Gasteiger partial charge in [-0.25, -0.2) is 4.39 Å². The summed E-state index contributed by atoms with van der Waals surface area (Å²) in [5.74, 6) is -0.557. The van der Waals surface area contributed by atoms with E-state index in [4.69, 9.17) is 0 Å². The molecule has 2 aromatic carbocycles. The lowest BCUT2D eigenvalue weighted by molar-refractivity contribution is -0.124. The third kappa shape index (κ3) is 3.14. The Bertz CT molecular complexity index is 855. The molecule has 2 amide bonds. The van der Waals surface area contributed by atoms with Crippen LogP contribution in [0.2, 0.25) is 0 Å². The zero-order valence-corrected chi connectivity index (χ0v) is 14.2. The largest absolute Gasteiger partial charge is 0.349 e. The van der Waals surface area contributed by atoms with Crippen molar-refractivity contribution < 1.29 is 14.0 Å². The van der Waals surface area contributed by atoms with Crippen molar-refractivity contribution in [3.63, 3.8) is 0 Å². The highest BCUT2D eigenvalue weighted by molar-refractivity contribution is 8.01. The van der Waals surface area contributed by atoms with Crippen LogP contribution in [0.3, 0.4) is 0 Å². The van der Waals surface area contributed by atoms with E-state index in [9.17, 15) is 14.0 Å². The zero-order chi connectivity index (χ0) is 17.4. The molecule has 25 heavy (non-hydrogen) atoms. The highest BCUT2D eigenvalue weighted by Crippen LogP contribution is 2.37. The molecule has 1 aliphatic heterocycles. The molecule has 0 spiro atoms. The Balaban J connectivity index is 1.42. The van der Waals surface area contributed by atoms with Crippen LogP contribution in [-0.2, 0) is 16.0 Å². The fourth-order valence-corrected chi connectivity index (χ4v) is 4.52. The van der Waals surface area contributed by atoms with Gasteiger partial charge in [0.15, 0.2) is 0 Å². The zero-order valence-electron chi connectivity index (χ0n) is 13.4. The number of amides is 2. The molecule has 0 aromatic heterocycles. The van der Waals surface area contributed by atoms with Gasteiger partial charge < -0.3 is 10.6 Å². The van der Waals surface area contributed by atoms with Crippen LogP contribution in [0.5, 0.6) is 0 Å². The molecule has 128 valence electrons. The first kappa shape index (κ1) is 16.1. The number of benzene rings is 2. The lowest BCUT2D eigenvalue weighted by Crippen LogP contribution is -2.35. The Morgan fingerprint density at radius 2 is 2.08 bits per heavy atom. The Hall–Kier alpha value is -2.34. The summed E-state index contributed by atoms with van der Waals surface area (Å²) in [7, 11) is 0. The Morgan fingerprint density at radius 1 is 1.24 bits per heavy atom. The van der Waals surface area contributed by atoms with Crippen LogP contribution in [0.4, 0.5) is 10.1 Å². The van der Waals surface area contributed by atoms with Crippen molar-refractivity contribution in [2.24, 2.45) is 0 Å². The molecule has 2 N–H and O–H groups in total. The van der Waals surface area contributed by atoms with Gasteiger partial charge in [-0.3, -0.25) is 9.59 Å². The first-order valence-electron chi connectivity index (χ1n) is 8.25.